The van der Waals surface area contributed by atoms with Gasteiger partial charge in [-0.25, -0.2) is 0 Å². The number of nitrogens with one attached hydrogen (secondary N) is 1. The fourth-order valence-corrected chi connectivity index (χ4v) is 1.07. The van der Waals surface area contributed by atoms with Crippen molar-refractivity contribution in [3.8, 4) is 0 Å². The first-order chi connectivity index (χ1) is 5.59. The number of carbonyl (C=O) groups excluding carboxylic acids is 1. The average molecular weight is 172 g/mol. The zero-order chi connectivity index (χ0) is 9.56. The summed E-state index contributed by atoms with van der Waals surface area (Å²) in [6.07, 6.45) is 1.76. The molecule has 1 unspecified atom stereocenters. The van der Waals surface area contributed by atoms with E-state index >= 15 is 0 Å². The number of hydrogen-bond donors (Lipinski definition) is 2. The second kappa shape index (κ2) is 6.14. The lowest BCUT2D eigenvalue weighted by Gasteiger charge is -2.12. The van der Waals surface area contributed by atoms with Crippen LogP contribution in [0.3, 0.4) is 0 Å². The van der Waals surface area contributed by atoms with E-state index in [2.05, 4.69) is 5.32 Å². The average Bonchev–Trinajstić information content (AvgIpc) is 2.03. The van der Waals surface area contributed by atoms with Crippen LogP contribution >= 0.6 is 0 Å². The maximum atomic E-state index is 11.3. The zero-order valence-corrected chi connectivity index (χ0v) is 8.26. The highest BCUT2D eigenvalue weighted by Gasteiger charge is 2.15. The summed E-state index contributed by atoms with van der Waals surface area (Å²) in [5.74, 6) is 0.237. The van der Waals surface area contributed by atoms with Crippen LogP contribution in [0.4, 0.5) is 0 Å². The monoisotopic (exact) mass is 172 g/mol. The summed E-state index contributed by atoms with van der Waals surface area (Å²) in [5, 5.41) is 3.02. The third-order valence-electron chi connectivity index (χ3n) is 1.88. The minimum absolute atomic E-state index is 0.0644. The third kappa shape index (κ3) is 4.46. The molecule has 0 saturated carbocycles. The predicted molar refractivity (Wildman–Crippen MR) is 51.0 cm³/mol. The molecule has 0 aromatic rings. The van der Waals surface area contributed by atoms with Crippen LogP contribution in [-0.4, -0.2) is 25.4 Å². The van der Waals surface area contributed by atoms with Crippen molar-refractivity contribution in [1.29, 1.82) is 0 Å². The summed E-state index contributed by atoms with van der Waals surface area (Å²) >= 11 is 0. The van der Waals surface area contributed by atoms with Crippen molar-refractivity contribution in [3.05, 3.63) is 0 Å². The number of carbonyl (C=O) groups is 1. The molecule has 1 atom stereocenters. The molecule has 0 rings (SSSR count). The number of rotatable bonds is 6. The first kappa shape index (κ1) is 11.6. The van der Waals surface area contributed by atoms with Crippen molar-refractivity contribution in [2.24, 2.45) is 11.7 Å². The minimum atomic E-state index is -0.265. The van der Waals surface area contributed by atoms with E-state index < -0.39 is 0 Å². The molecule has 12 heavy (non-hydrogen) atoms. The Balaban J connectivity index is 3.57. The summed E-state index contributed by atoms with van der Waals surface area (Å²) in [5.41, 5.74) is 5.68. The largest absolute Gasteiger partial charge is 0.321 e. The number of hydrogen-bond acceptors (Lipinski definition) is 3. The molecular weight excluding hydrogens is 152 g/mol. The first-order valence-electron chi connectivity index (χ1n) is 4.53. The number of nitrogens with two attached hydrogens (primary N) is 1. The lowest BCUT2D eigenvalue weighted by atomic mass is 9.99. The second-order valence-electron chi connectivity index (χ2n) is 3.41. The van der Waals surface area contributed by atoms with Gasteiger partial charge in [-0.3, -0.25) is 4.79 Å². The fraction of sp³-hybridized carbons (Fsp3) is 0.889. The van der Waals surface area contributed by atoms with Crippen molar-refractivity contribution >= 4 is 5.78 Å². The van der Waals surface area contributed by atoms with Gasteiger partial charge in [0.15, 0.2) is 5.78 Å². The molecule has 0 aliphatic rings. The van der Waals surface area contributed by atoms with Crippen molar-refractivity contribution in [2.45, 2.75) is 32.7 Å². The van der Waals surface area contributed by atoms with Gasteiger partial charge < -0.3 is 11.1 Å². The van der Waals surface area contributed by atoms with Crippen LogP contribution in [0.1, 0.15) is 26.7 Å². The first-order valence-corrected chi connectivity index (χ1v) is 4.53. The van der Waals surface area contributed by atoms with Crippen LogP contribution in [0.15, 0.2) is 0 Å². The molecule has 3 N–H and O–H groups in total. The summed E-state index contributed by atoms with van der Waals surface area (Å²) in [7, 11) is 1.90. The van der Waals surface area contributed by atoms with Crippen LogP contribution in [0, 0.1) is 5.92 Å². The molecule has 3 nitrogen and oxygen atoms in total. The van der Waals surface area contributed by atoms with Gasteiger partial charge in [0.1, 0.15) is 0 Å². The minimum Gasteiger partial charge on any atom is -0.321 e. The lowest BCUT2D eigenvalue weighted by molar-refractivity contribution is -0.123. The van der Waals surface area contributed by atoms with Crippen molar-refractivity contribution < 1.29 is 4.79 Å². The molecule has 0 radical (unpaired) electrons. The maximum absolute atomic E-state index is 11.3. The highest BCUT2D eigenvalue weighted by molar-refractivity contribution is 5.85. The normalized spacial score (nSPS) is 13.4. The molecular formula is C9H20N2O. The highest BCUT2D eigenvalue weighted by Crippen LogP contribution is 2.02. The van der Waals surface area contributed by atoms with Gasteiger partial charge in [0.05, 0.1) is 6.04 Å². The van der Waals surface area contributed by atoms with E-state index in [1.165, 1.54) is 0 Å². The van der Waals surface area contributed by atoms with Gasteiger partial charge in [0.2, 0.25) is 0 Å². The van der Waals surface area contributed by atoms with E-state index in [9.17, 15) is 4.79 Å². The van der Waals surface area contributed by atoms with Crippen LogP contribution in [-0.2, 0) is 4.79 Å². The molecule has 0 spiro atoms. The molecule has 0 aromatic carbocycles. The Morgan fingerprint density at radius 2 is 2.08 bits per heavy atom. The number of ketones is 1. The highest BCUT2D eigenvalue weighted by atomic mass is 16.1. The Morgan fingerprint density at radius 3 is 2.50 bits per heavy atom. The molecule has 3 heteroatoms. The van der Waals surface area contributed by atoms with Gasteiger partial charge in [-0.1, -0.05) is 13.8 Å². The van der Waals surface area contributed by atoms with Crippen LogP contribution < -0.4 is 11.1 Å². The van der Waals surface area contributed by atoms with E-state index in [1.54, 1.807) is 0 Å². The summed E-state index contributed by atoms with van der Waals surface area (Å²) in [4.78, 5) is 11.3. The van der Waals surface area contributed by atoms with Gasteiger partial charge >= 0.3 is 0 Å². The van der Waals surface area contributed by atoms with E-state index in [0.717, 1.165) is 19.4 Å². The molecule has 0 heterocycles. The quantitative estimate of drug-likeness (QED) is 0.575. The van der Waals surface area contributed by atoms with E-state index in [0.29, 0.717) is 0 Å². The van der Waals surface area contributed by atoms with Gasteiger partial charge in [-0.05, 0) is 26.4 Å². The molecule has 0 aliphatic carbocycles. The smallest absolute Gasteiger partial charge is 0.152 e. The molecule has 0 fully saturated rings. The molecule has 0 saturated heterocycles. The molecule has 0 bridgehead atoms. The van der Waals surface area contributed by atoms with Crippen molar-refractivity contribution in [2.75, 3.05) is 13.6 Å². The molecule has 0 aliphatic heterocycles. The summed E-state index contributed by atoms with van der Waals surface area (Å²) < 4.78 is 0. The summed E-state index contributed by atoms with van der Waals surface area (Å²) in [6, 6.07) is -0.265. The van der Waals surface area contributed by atoms with Gasteiger partial charge in [-0.2, -0.15) is 0 Å². The molecule has 72 valence electrons. The topological polar surface area (TPSA) is 55.1 Å². The maximum Gasteiger partial charge on any atom is 0.152 e. The van der Waals surface area contributed by atoms with Gasteiger partial charge in [0, 0.05) is 5.92 Å². The van der Waals surface area contributed by atoms with Gasteiger partial charge in [-0.15, -0.1) is 0 Å². The van der Waals surface area contributed by atoms with E-state index in [1.807, 2.05) is 20.9 Å². The van der Waals surface area contributed by atoms with Crippen LogP contribution in [0.5, 0.6) is 0 Å². The van der Waals surface area contributed by atoms with E-state index in [-0.39, 0.29) is 17.7 Å². The molecule has 0 aromatic heterocycles. The van der Waals surface area contributed by atoms with Crippen molar-refractivity contribution in [1.82, 2.24) is 5.32 Å². The number of Topliss-reactive ketones (excluding diaryl/α,β-unsaturated/α-hetero) is 1. The van der Waals surface area contributed by atoms with Crippen molar-refractivity contribution in [3.63, 3.8) is 0 Å². The Kier molecular flexibility index (Phi) is 5.93. The summed E-state index contributed by atoms with van der Waals surface area (Å²) in [6.45, 7) is 4.71. The van der Waals surface area contributed by atoms with Gasteiger partial charge in [0.25, 0.3) is 0 Å². The molecule has 0 amide bonds. The van der Waals surface area contributed by atoms with E-state index in [4.69, 9.17) is 5.73 Å². The zero-order valence-electron chi connectivity index (χ0n) is 8.26. The fourth-order valence-electron chi connectivity index (χ4n) is 1.07. The van der Waals surface area contributed by atoms with Crippen LogP contribution in [0.25, 0.3) is 0 Å². The Morgan fingerprint density at radius 1 is 1.50 bits per heavy atom. The third-order valence-corrected chi connectivity index (χ3v) is 1.88. The standard InChI is InChI=1S/C9H20N2O/c1-7(2)9(12)8(10)5-4-6-11-3/h7-8,11H,4-6,10H2,1-3H3. The lowest BCUT2D eigenvalue weighted by Crippen LogP contribution is -2.34. The predicted octanol–water partition coefficient (Wildman–Crippen LogP) is 0.538. The van der Waals surface area contributed by atoms with Crippen LogP contribution in [0.2, 0.25) is 0 Å². The Labute approximate surface area is 74.7 Å². The second-order valence-corrected chi connectivity index (χ2v) is 3.41. The Bertz CT molecular complexity index is 134. The Hall–Kier alpha value is -0.410. The SMILES string of the molecule is CNCCCC(N)C(=O)C(C)C.